The largest absolute Gasteiger partial charge is 0.320 e. The summed E-state index contributed by atoms with van der Waals surface area (Å²) in [5, 5.41) is 3.33. The summed E-state index contributed by atoms with van der Waals surface area (Å²) in [7, 11) is -0.760. The third kappa shape index (κ3) is 4.25. The van der Waals surface area contributed by atoms with E-state index in [4.69, 9.17) is 0 Å². The first-order valence-corrected chi connectivity index (χ1v) is 11.5. The molecule has 1 aromatic heterocycles. The topological polar surface area (TPSA) is 84.3 Å². The van der Waals surface area contributed by atoms with Crippen molar-refractivity contribution in [3.8, 4) is 5.69 Å². The lowest BCUT2D eigenvalue weighted by Gasteiger charge is -2.15. The van der Waals surface area contributed by atoms with E-state index in [1.165, 1.54) is 56.3 Å². The van der Waals surface area contributed by atoms with Gasteiger partial charge in [-0.3, -0.25) is 9.36 Å². The lowest BCUT2D eigenvalue weighted by Crippen LogP contribution is -2.23. The number of anilines is 1. The van der Waals surface area contributed by atoms with E-state index in [-0.39, 0.29) is 16.4 Å². The normalized spacial score (nSPS) is 11.7. The molecule has 7 nitrogen and oxygen atoms in total. The molecule has 30 heavy (non-hydrogen) atoms. The van der Waals surface area contributed by atoms with E-state index in [9.17, 15) is 17.6 Å². The van der Waals surface area contributed by atoms with Crippen LogP contribution in [-0.4, -0.2) is 48.5 Å². The van der Waals surface area contributed by atoms with Crippen LogP contribution in [0.2, 0.25) is 0 Å². The summed E-state index contributed by atoms with van der Waals surface area (Å²) in [6.45, 7) is 1.77. The summed E-state index contributed by atoms with van der Waals surface area (Å²) >= 11 is 1.34. The van der Waals surface area contributed by atoms with Crippen LogP contribution in [0.25, 0.3) is 5.69 Å². The molecule has 0 saturated carbocycles. The number of hydrogen-bond donors (Lipinski definition) is 1. The predicted octanol–water partition coefficient (Wildman–Crippen LogP) is 3.54. The number of sulfonamides is 1. The highest BCUT2D eigenvalue weighted by atomic mass is 32.2. The number of benzene rings is 2. The molecule has 0 bridgehead atoms. The third-order valence-electron chi connectivity index (χ3n) is 4.47. The molecular weight excluding hydrogens is 427 g/mol. The Bertz CT molecular complexity index is 1190. The fourth-order valence-corrected chi connectivity index (χ4v) is 4.25. The van der Waals surface area contributed by atoms with Gasteiger partial charge in [-0.1, -0.05) is 17.8 Å². The van der Waals surface area contributed by atoms with Crippen LogP contribution in [0.3, 0.4) is 0 Å². The lowest BCUT2D eigenvalue weighted by atomic mass is 10.2. The monoisotopic (exact) mass is 448 g/mol. The number of thioether (sulfide) groups is 1. The zero-order valence-electron chi connectivity index (χ0n) is 16.9. The smallest absolute Gasteiger partial charge is 0.274 e. The van der Waals surface area contributed by atoms with Crippen LogP contribution in [0, 0.1) is 12.7 Å². The zero-order valence-corrected chi connectivity index (χ0v) is 18.5. The Hall–Kier alpha value is -2.69. The second-order valence-corrected chi connectivity index (χ2v) is 9.59. The van der Waals surface area contributed by atoms with Crippen LogP contribution < -0.4 is 5.32 Å². The maximum Gasteiger partial charge on any atom is 0.274 e. The molecule has 1 heterocycles. The van der Waals surface area contributed by atoms with Crippen molar-refractivity contribution in [1.82, 2.24) is 13.9 Å². The van der Waals surface area contributed by atoms with Gasteiger partial charge in [0.15, 0.2) is 5.16 Å². The molecule has 0 atom stereocenters. The fraction of sp³-hybridized carbons (Fsp3) is 0.200. The maximum absolute atomic E-state index is 13.3. The Kier molecular flexibility index (Phi) is 6.30. The van der Waals surface area contributed by atoms with Crippen molar-refractivity contribution in [3.63, 3.8) is 0 Å². The second-order valence-electron chi connectivity index (χ2n) is 6.66. The summed E-state index contributed by atoms with van der Waals surface area (Å²) in [6.07, 6.45) is 3.25. The highest BCUT2D eigenvalue weighted by Crippen LogP contribution is 2.25. The van der Waals surface area contributed by atoms with Crippen LogP contribution in [0.1, 0.15) is 16.1 Å². The van der Waals surface area contributed by atoms with Gasteiger partial charge in [0.1, 0.15) is 11.5 Å². The summed E-state index contributed by atoms with van der Waals surface area (Å²) in [6, 6.07) is 10.3. The molecule has 3 aromatic rings. The average molecular weight is 449 g/mol. The third-order valence-corrected chi connectivity index (χ3v) is 6.93. The van der Waals surface area contributed by atoms with E-state index in [1.807, 2.05) is 6.26 Å². The average Bonchev–Trinajstić information content (AvgIpc) is 3.14. The van der Waals surface area contributed by atoms with Crippen LogP contribution in [-0.2, 0) is 10.0 Å². The van der Waals surface area contributed by atoms with Gasteiger partial charge in [0.25, 0.3) is 5.91 Å². The van der Waals surface area contributed by atoms with Crippen LogP contribution in [0.15, 0.2) is 58.7 Å². The molecule has 0 unspecified atom stereocenters. The summed E-state index contributed by atoms with van der Waals surface area (Å²) in [5.74, 6) is -0.847. The van der Waals surface area contributed by atoms with Crippen molar-refractivity contribution in [1.29, 1.82) is 0 Å². The zero-order chi connectivity index (χ0) is 22.1. The Morgan fingerprint density at radius 1 is 1.17 bits per heavy atom. The van der Waals surface area contributed by atoms with Gasteiger partial charge in [-0.05, 0) is 55.1 Å². The van der Waals surface area contributed by atoms with Crippen molar-refractivity contribution >= 4 is 33.4 Å². The number of carbonyl (C=O) groups excluding carboxylic acids is 1. The van der Waals surface area contributed by atoms with Crippen LogP contribution in [0.5, 0.6) is 0 Å². The Balaban J connectivity index is 2.00. The van der Waals surface area contributed by atoms with Gasteiger partial charge in [-0.25, -0.2) is 22.1 Å². The number of amides is 1. The Morgan fingerprint density at radius 3 is 2.43 bits per heavy atom. The van der Waals surface area contributed by atoms with E-state index >= 15 is 0 Å². The summed E-state index contributed by atoms with van der Waals surface area (Å²) in [4.78, 5) is 17.4. The van der Waals surface area contributed by atoms with Gasteiger partial charge in [0.2, 0.25) is 10.0 Å². The van der Waals surface area contributed by atoms with E-state index in [0.29, 0.717) is 22.1 Å². The summed E-state index contributed by atoms with van der Waals surface area (Å²) in [5.41, 5.74) is 1.91. The Morgan fingerprint density at radius 2 is 1.83 bits per heavy atom. The molecule has 0 aliphatic rings. The van der Waals surface area contributed by atoms with Crippen molar-refractivity contribution < 1.29 is 17.6 Å². The van der Waals surface area contributed by atoms with E-state index in [0.717, 1.165) is 4.31 Å². The number of imidazole rings is 1. The molecule has 0 aliphatic carbocycles. The molecule has 2 aromatic carbocycles. The first kappa shape index (κ1) is 22.0. The molecule has 0 aliphatic heterocycles. The minimum absolute atomic E-state index is 0.0743. The second kappa shape index (κ2) is 8.58. The maximum atomic E-state index is 13.3. The SMILES string of the molecule is CSc1ncc(C(=O)Nc2cc(S(=O)(=O)N(C)C)ccc2C)n1-c1ccc(F)cc1. The van der Waals surface area contributed by atoms with E-state index in [2.05, 4.69) is 10.3 Å². The summed E-state index contributed by atoms with van der Waals surface area (Å²) < 4.78 is 40.9. The molecule has 1 amide bonds. The number of aryl methyl sites for hydroxylation is 1. The molecule has 0 fully saturated rings. The number of aromatic nitrogens is 2. The quantitative estimate of drug-likeness (QED) is 0.583. The predicted molar refractivity (Wildman–Crippen MR) is 115 cm³/mol. The van der Waals surface area contributed by atoms with Crippen LogP contribution in [0.4, 0.5) is 10.1 Å². The molecule has 3 rings (SSSR count). The van der Waals surface area contributed by atoms with Crippen molar-refractivity contribution in [2.75, 3.05) is 25.7 Å². The molecule has 10 heteroatoms. The Labute approximate surface area is 179 Å². The highest BCUT2D eigenvalue weighted by Gasteiger charge is 2.21. The van der Waals surface area contributed by atoms with Gasteiger partial charge >= 0.3 is 0 Å². The van der Waals surface area contributed by atoms with Gasteiger partial charge in [0.05, 0.1) is 11.1 Å². The van der Waals surface area contributed by atoms with Crippen LogP contribution >= 0.6 is 11.8 Å². The molecule has 0 radical (unpaired) electrons. The molecule has 1 N–H and O–H groups in total. The van der Waals surface area contributed by atoms with Gasteiger partial charge in [0, 0.05) is 25.5 Å². The number of nitrogens with one attached hydrogen (secondary N) is 1. The molecule has 0 spiro atoms. The van der Waals surface area contributed by atoms with E-state index in [1.54, 1.807) is 29.7 Å². The van der Waals surface area contributed by atoms with Crippen molar-refractivity contribution in [2.24, 2.45) is 0 Å². The fourth-order valence-electron chi connectivity index (χ4n) is 2.77. The standard InChI is InChI=1S/C20H21FN4O3S2/c1-13-5-10-16(30(27,28)24(2)3)11-17(13)23-19(26)18-12-22-20(29-4)25(18)15-8-6-14(21)7-9-15/h5-12H,1-4H3,(H,23,26). The van der Waals surface area contributed by atoms with Gasteiger partial charge in [-0.15, -0.1) is 0 Å². The van der Waals surface area contributed by atoms with Gasteiger partial charge < -0.3 is 5.32 Å². The molecular formula is C20H21FN4O3S2. The molecule has 0 saturated heterocycles. The number of rotatable bonds is 6. The van der Waals surface area contributed by atoms with Crippen molar-refractivity contribution in [2.45, 2.75) is 17.0 Å². The molecule has 158 valence electrons. The minimum Gasteiger partial charge on any atom is -0.320 e. The highest BCUT2D eigenvalue weighted by molar-refractivity contribution is 7.98. The number of carbonyl (C=O) groups is 1. The number of hydrogen-bond acceptors (Lipinski definition) is 5. The van der Waals surface area contributed by atoms with Crippen molar-refractivity contribution in [3.05, 3.63) is 65.7 Å². The first-order valence-electron chi connectivity index (χ1n) is 8.87. The van der Waals surface area contributed by atoms with Gasteiger partial charge in [-0.2, -0.15) is 0 Å². The minimum atomic E-state index is -3.65. The first-order chi connectivity index (χ1) is 14.1. The number of halogens is 1. The lowest BCUT2D eigenvalue weighted by molar-refractivity contribution is 0.102. The van der Waals surface area contributed by atoms with E-state index < -0.39 is 15.9 Å². The number of nitrogens with zero attached hydrogens (tertiary/aromatic N) is 3.